The highest BCUT2D eigenvalue weighted by Gasteiger charge is 2.36. The van der Waals surface area contributed by atoms with Crippen molar-refractivity contribution in [3.05, 3.63) is 63.2 Å². The van der Waals surface area contributed by atoms with Crippen LogP contribution in [0.4, 0.5) is 36.4 Å². The minimum absolute atomic E-state index is 0.164. The standard InChI is InChI=1S/C29H30F7N3O5/c1-14-7-18(44-29(34,35)36)6-5-17(14)9-37-27(42)20-12-39(13-28(31,32)33)22-19(25(20)41)8-21(30)23(26(22)43-4)38-10-15(2)24(40)16(3)11-38/h5-8,12,15-16,24,40H,9-11,13H2,1-4H3,(H,37,42)/t15-,16+,24-. The molecule has 15 heteroatoms. The van der Waals surface area contributed by atoms with Gasteiger partial charge in [0, 0.05) is 25.8 Å². The van der Waals surface area contributed by atoms with Crippen molar-refractivity contribution in [1.29, 1.82) is 0 Å². The summed E-state index contributed by atoms with van der Waals surface area (Å²) in [5.41, 5.74) is -1.67. The second kappa shape index (κ2) is 12.2. The van der Waals surface area contributed by atoms with E-state index in [1.165, 1.54) is 13.0 Å². The predicted octanol–water partition coefficient (Wildman–Crippen LogP) is 5.30. The number of aromatic nitrogens is 1. The predicted molar refractivity (Wildman–Crippen MR) is 146 cm³/mol. The quantitative estimate of drug-likeness (QED) is 0.343. The number of halogens is 7. The van der Waals surface area contributed by atoms with Gasteiger partial charge in [-0.25, -0.2) is 4.39 Å². The number of fused-ring (bicyclic) bond motifs is 1. The van der Waals surface area contributed by atoms with E-state index in [1.54, 1.807) is 18.7 Å². The van der Waals surface area contributed by atoms with Crippen molar-refractivity contribution in [1.82, 2.24) is 9.88 Å². The molecule has 0 spiro atoms. The molecule has 0 aliphatic carbocycles. The van der Waals surface area contributed by atoms with Crippen LogP contribution in [0.3, 0.4) is 0 Å². The third-order valence-corrected chi connectivity index (χ3v) is 7.53. The molecule has 1 amide bonds. The molecule has 1 aromatic heterocycles. The number of ether oxygens (including phenoxy) is 2. The Balaban J connectivity index is 1.76. The van der Waals surface area contributed by atoms with Gasteiger partial charge in [0.25, 0.3) is 5.91 Å². The molecule has 4 rings (SSSR count). The summed E-state index contributed by atoms with van der Waals surface area (Å²) < 4.78 is 104. The van der Waals surface area contributed by atoms with E-state index in [1.807, 2.05) is 0 Å². The molecule has 1 aliphatic rings. The molecule has 0 saturated carbocycles. The van der Waals surface area contributed by atoms with Crippen molar-refractivity contribution in [3.8, 4) is 11.5 Å². The summed E-state index contributed by atoms with van der Waals surface area (Å²) in [4.78, 5) is 28.1. The monoisotopic (exact) mass is 633 g/mol. The van der Waals surface area contributed by atoms with Crippen LogP contribution in [0.15, 0.2) is 35.3 Å². The van der Waals surface area contributed by atoms with Gasteiger partial charge in [0.15, 0.2) is 11.6 Å². The highest BCUT2D eigenvalue weighted by molar-refractivity contribution is 5.99. The summed E-state index contributed by atoms with van der Waals surface area (Å²) in [5.74, 6) is -3.48. The second-order valence-electron chi connectivity index (χ2n) is 10.9. The molecule has 0 radical (unpaired) electrons. The number of aryl methyl sites for hydroxylation is 1. The van der Waals surface area contributed by atoms with E-state index in [9.17, 15) is 41.0 Å². The minimum Gasteiger partial charge on any atom is -0.492 e. The Kier molecular flexibility index (Phi) is 9.10. The lowest BCUT2D eigenvalue weighted by atomic mass is 9.88. The number of carbonyl (C=O) groups is 1. The number of pyridine rings is 1. The zero-order valence-electron chi connectivity index (χ0n) is 24.1. The number of aliphatic hydroxyl groups excluding tert-OH is 1. The van der Waals surface area contributed by atoms with E-state index < -0.39 is 59.0 Å². The maximum atomic E-state index is 15.7. The molecule has 1 aliphatic heterocycles. The normalized spacial score (nSPS) is 19.3. The fraction of sp³-hybridized carbons (Fsp3) is 0.448. The number of hydrogen-bond donors (Lipinski definition) is 2. The highest BCUT2D eigenvalue weighted by atomic mass is 19.4. The van der Waals surface area contributed by atoms with Crippen LogP contribution in [0.2, 0.25) is 0 Å². The summed E-state index contributed by atoms with van der Waals surface area (Å²) in [6, 6.07) is 4.12. The number of hydrogen-bond acceptors (Lipinski definition) is 6. The van der Waals surface area contributed by atoms with Crippen LogP contribution in [0.5, 0.6) is 11.5 Å². The number of alkyl halides is 6. The summed E-state index contributed by atoms with van der Waals surface area (Å²) in [6.07, 6.45) is -9.69. The number of anilines is 1. The number of nitrogens with one attached hydrogen (secondary N) is 1. The van der Waals surface area contributed by atoms with Crippen molar-refractivity contribution in [2.24, 2.45) is 11.8 Å². The number of piperidine rings is 1. The van der Waals surface area contributed by atoms with Gasteiger partial charge >= 0.3 is 12.5 Å². The number of amides is 1. The molecule has 44 heavy (non-hydrogen) atoms. The molecule has 240 valence electrons. The summed E-state index contributed by atoms with van der Waals surface area (Å²) >= 11 is 0. The third-order valence-electron chi connectivity index (χ3n) is 7.53. The maximum absolute atomic E-state index is 15.7. The Morgan fingerprint density at radius 3 is 2.27 bits per heavy atom. The lowest BCUT2D eigenvalue weighted by Crippen LogP contribution is -2.47. The van der Waals surface area contributed by atoms with Gasteiger partial charge in [-0.1, -0.05) is 19.9 Å². The number of carbonyl (C=O) groups excluding carboxylic acids is 1. The molecule has 2 aromatic carbocycles. The van der Waals surface area contributed by atoms with Crippen LogP contribution in [-0.4, -0.2) is 54.4 Å². The molecule has 2 N–H and O–H groups in total. The van der Waals surface area contributed by atoms with Crippen LogP contribution in [-0.2, 0) is 13.1 Å². The van der Waals surface area contributed by atoms with Gasteiger partial charge in [0.1, 0.15) is 23.5 Å². The van der Waals surface area contributed by atoms with Gasteiger partial charge in [0.2, 0.25) is 5.43 Å². The van der Waals surface area contributed by atoms with Gasteiger partial charge in [-0.3, -0.25) is 9.59 Å². The van der Waals surface area contributed by atoms with E-state index in [-0.39, 0.29) is 48.4 Å². The minimum atomic E-state index is -4.91. The van der Waals surface area contributed by atoms with Crippen LogP contribution in [0.1, 0.15) is 35.3 Å². The first-order valence-electron chi connectivity index (χ1n) is 13.5. The van der Waals surface area contributed by atoms with Gasteiger partial charge in [-0.15, -0.1) is 13.2 Å². The van der Waals surface area contributed by atoms with Crippen molar-refractivity contribution in [2.45, 2.75) is 52.5 Å². The molecular weight excluding hydrogens is 603 g/mol. The highest BCUT2D eigenvalue weighted by Crippen LogP contribution is 2.41. The van der Waals surface area contributed by atoms with Crippen LogP contribution in [0.25, 0.3) is 10.9 Å². The number of methoxy groups -OCH3 is 1. The third kappa shape index (κ3) is 7.03. The van der Waals surface area contributed by atoms with Crippen LogP contribution < -0.4 is 25.1 Å². The summed E-state index contributed by atoms with van der Waals surface area (Å²) in [5, 5.41) is 12.2. The van der Waals surface area contributed by atoms with E-state index in [0.29, 0.717) is 15.7 Å². The molecule has 1 fully saturated rings. The van der Waals surface area contributed by atoms with Crippen molar-refractivity contribution in [3.63, 3.8) is 0 Å². The van der Waals surface area contributed by atoms with E-state index in [4.69, 9.17) is 4.74 Å². The van der Waals surface area contributed by atoms with Crippen LogP contribution in [0, 0.1) is 24.6 Å². The van der Waals surface area contributed by atoms with Crippen molar-refractivity contribution >= 4 is 22.5 Å². The van der Waals surface area contributed by atoms with Gasteiger partial charge < -0.3 is 29.4 Å². The van der Waals surface area contributed by atoms with Crippen molar-refractivity contribution < 1.29 is 50.1 Å². The molecule has 1 saturated heterocycles. The average Bonchev–Trinajstić information content (AvgIpc) is 2.90. The zero-order chi connectivity index (χ0) is 32.7. The smallest absolute Gasteiger partial charge is 0.492 e. The molecule has 0 bridgehead atoms. The fourth-order valence-corrected chi connectivity index (χ4v) is 5.52. The van der Waals surface area contributed by atoms with E-state index in [0.717, 1.165) is 31.5 Å². The van der Waals surface area contributed by atoms with E-state index >= 15 is 4.39 Å². The molecule has 3 atom stereocenters. The Hall–Kier alpha value is -4.01. The number of rotatable bonds is 7. The second-order valence-corrected chi connectivity index (χ2v) is 10.9. The Labute approximate surface area is 247 Å². The first-order valence-corrected chi connectivity index (χ1v) is 13.5. The Morgan fingerprint density at radius 1 is 1.09 bits per heavy atom. The van der Waals surface area contributed by atoms with Gasteiger partial charge in [0.05, 0.1) is 24.1 Å². The summed E-state index contributed by atoms with van der Waals surface area (Å²) in [7, 11) is 1.12. The lowest BCUT2D eigenvalue weighted by molar-refractivity contribution is -0.274. The molecule has 3 aromatic rings. The lowest BCUT2D eigenvalue weighted by Gasteiger charge is -2.40. The molecule has 0 unspecified atom stereocenters. The first-order chi connectivity index (χ1) is 20.4. The largest absolute Gasteiger partial charge is 0.573 e. The first kappa shape index (κ1) is 32.9. The Morgan fingerprint density at radius 2 is 1.73 bits per heavy atom. The average molecular weight is 634 g/mol. The number of nitrogens with zero attached hydrogens (tertiary/aromatic N) is 2. The topological polar surface area (TPSA) is 93.0 Å². The fourth-order valence-electron chi connectivity index (χ4n) is 5.52. The molecular formula is C29H30F7N3O5. The Bertz CT molecular complexity index is 1610. The summed E-state index contributed by atoms with van der Waals surface area (Å²) in [6.45, 7) is 3.34. The number of aliphatic hydroxyl groups is 1. The van der Waals surface area contributed by atoms with Crippen LogP contribution >= 0.6 is 0 Å². The van der Waals surface area contributed by atoms with Gasteiger partial charge in [-0.05, 0) is 48.1 Å². The van der Waals surface area contributed by atoms with E-state index in [2.05, 4.69) is 10.1 Å². The molecule has 2 heterocycles. The number of benzene rings is 2. The van der Waals surface area contributed by atoms with Crippen molar-refractivity contribution in [2.75, 3.05) is 25.1 Å². The van der Waals surface area contributed by atoms with Gasteiger partial charge in [-0.2, -0.15) is 13.2 Å². The zero-order valence-corrected chi connectivity index (χ0v) is 24.1. The SMILES string of the molecule is COc1c(N2C[C@@H](C)[C@@H](O)[C@@H](C)C2)c(F)cc2c(=O)c(C(=O)NCc3ccc(OC(F)(F)F)cc3C)cn(CC(F)(F)F)c12. The molecule has 8 nitrogen and oxygen atoms in total. The maximum Gasteiger partial charge on any atom is 0.573 e.